The van der Waals surface area contributed by atoms with Crippen LogP contribution in [0, 0.1) is 23.2 Å². The maximum absolute atomic E-state index is 12.9. The van der Waals surface area contributed by atoms with Crippen molar-refractivity contribution in [2.75, 3.05) is 32.8 Å². The monoisotopic (exact) mass is 481 g/mol. The summed E-state index contributed by atoms with van der Waals surface area (Å²) in [6.07, 6.45) is 4.48. The Morgan fingerprint density at radius 1 is 1.14 bits per heavy atom. The molecule has 3 fully saturated rings. The van der Waals surface area contributed by atoms with E-state index in [2.05, 4.69) is 34.2 Å². The number of hydrogen-bond acceptors (Lipinski definition) is 5. The smallest absolute Gasteiger partial charge is 0.409 e. The van der Waals surface area contributed by atoms with E-state index in [-0.39, 0.29) is 29.4 Å². The van der Waals surface area contributed by atoms with Gasteiger partial charge < -0.3 is 20.1 Å². The minimum Gasteiger partial charge on any atom is -0.450 e. The number of likely N-dealkylation sites (tertiary alicyclic amines) is 2. The minimum absolute atomic E-state index is 0.140. The number of carbonyl (C=O) groups excluding carboxylic acids is 2. The van der Waals surface area contributed by atoms with E-state index in [9.17, 15) is 14.7 Å². The van der Waals surface area contributed by atoms with Crippen LogP contribution in [-0.4, -0.2) is 71.3 Å². The highest BCUT2D eigenvalue weighted by atomic mass is 16.6. The summed E-state index contributed by atoms with van der Waals surface area (Å²) in [5.74, 6) is 6.21. The largest absolute Gasteiger partial charge is 0.450 e. The highest BCUT2D eigenvalue weighted by Crippen LogP contribution is 2.59. The average molecular weight is 482 g/mol. The average Bonchev–Trinajstić information content (AvgIpc) is 3.54. The number of piperidine rings is 2. The predicted octanol–water partition coefficient (Wildman–Crippen LogP) is 3.15. The van der Waals surface area contributed by atoms with Crippen LogP contribution in [0.3, 0.4) is 0 Å². The van der Waals surface area contributed by atoms with Gasteiger partial charge in [0.15, 0.2) is 0 Å². The molecule has 0 radical (unpaired) electrons. The SMILES string of the molecule is CCOC(=O)N1CCC(NC(=O)C2CC23CCN(Cc2ccc(C#CC(C)(C)O)cc2)CC3)CC1. The van der Waals surface area contributed by atoms with Crippen LogP contribution in [0.2, 0.25) is 0 Å². The van der Waals surface area contributed by atoms with Gasteiger partial charge in [0.25, 0.3) is 0 Å². The van der Waals surface area contributed by atoms with E-state index in [1.807, 2.05) is 19.1 Å². The number of benzene rings is 1. The first kappa shape index (κ1) is 25.5. The molecule has 1 aromatic rings. The molecule has 2 N–H and O–H groups in total. The van der Waals surface area contributed by atoms with Crippen molar-refractivity contribution in [2.24, 2.45) is 11.3 Å². The van der Waals surface area contributed by atoms with Crippen molar-refractivity contribution in [2.45, 2.75) is 71.1 Å². The van der Waals surface area contributed by atoms with E-state index in [1.54, 1.807) is 18.7 Å². The van der Waals surface area contributed by atoms with Gasteiger partial charge in [0.05, 0.1) is 6.61 Å². The quantitative estimate of drug-likeness (QED) is 0.632. The summed E-state index contributed by atoms with van der Waals surface area (Å²) in [4.78, 5) is 29.0. The fraction of sp³-hybridized carbons (Fsp3) is 0.643. The van der Waals surface area contributed by atoms with Gasteiger partial charge in [-0.3, -0.25) is 9.69 Å². The molecular weight excluding hydrogens is 442 g/mol. The fourth-order valence-corrected chi connectivity index (χ4v) is 5.33. The minimum atomic E-state index is -0.984. The maximum atomic E-state index is 12.9. The number of rotatable bonds is 5. The van der Waals surface area contributed by atoms with Crippen LogP contribution < -0.4 is 5.32 Å². The van der Waals surface area contributed by atoms with Crippen molar-refractivity contribution in [1.82, 2.24) is 15.1 Å². The number of hydrogen-bond donors (Lipinski definition) is 2. The first-order chi connectivity index (χ1) is 16.7. The van der Waals surface area contributed by atoms with Crippen LogP contribution in [0.1, 0.15) is 64.0 Å². The summed E-state index contributed by atoms with van der Waals surface area (Å²) < 4.78 is 5.08. The lowest BCUT2D eigenvalue weighted by atomic mass is 9.90. The van der Waals surface area contributed by atoms with E-state index < -0.39 is 5.60 Å². The third-order valence-corrected chi connectivity index (χ3v) is 7.60. The highest BCUT2D eigenvalue weighted by Gasteiger charge is 2.58. The molecule has 3 aliphatic rings. The van der Waals surface area contributed by atoms with E-state index >= 15 is 0 Å². The zero-order valence-corrected chi connectivity index (χ0v) is 21.3. The molecule has 2 saturated heterocycles. The van der Waals surface area contributed by atoms with Gasteiger partial charge in [0.2, 0.25) is 5.91 Å². The Kier molecular flexibility index (Phi) is 7.73. The van der Waals surface area contributed by atoms with Gasteiger partial charge in [-0.25, -0.2) is 4.79 Å². The van der Waals surface area contributed by atoms with E-state index in [4.69, 9.17) is 4.74 Å². The Bertz CT molecular complexity index is 957. The lowest BCUT2D eigenvalue weighted by molar-refractivity contribution is -0.124. The molecule has 1 unspecified atom stereocenters. The van der Waals surface area contributed by atoms with Crippen LogP contribution in [0.25, 0.3) is 0 Å². The highest BCUT2D eigenvalue weighted by molar-refractivity contribution is 5.83. The number of aliphatic hydroxyl groups is 1. The van der Waals surface area contributed by atoms with E-state index in [0.717, 1.165) is 57.3 Å². The molecule has 1 aliphatic carbocycles. The summed E-state index contributed by atoms with van der Waals surface area (Å²) in [6, 6.07) is 8.40. The second-order valence-corrected chi connectivity index (χ2v) is 10.9. The molecule has 2 aliphatic heterocycles. The Hall–Kier alpha value is -2.56. The third kappa shape index (κ3) is 6.77. The molecule has 35 heavy (non-hydrogen) atoms. The number of nitrogens with one attached hydrogen (secondary N) is 1. The summed E-state index contributed by atoms with van der Waals surface area (Å²) in [5.41, 5.74) is 1.37. The van der Waals surface area contributed by atoms with Gasteiger partial charge in [-0.2, -0.15) is 0 Å². The van der Waals surface area contributed by atoms with Crippen LogP contribution in [0.5, 0.6) is 0 Å². The molecule has 1 spiro atoms. The molecule has 2 heterocycles. The van der Waals surface area contributed by atoms with Crippen molar-refractivity contribution < 1.29 is 19.4 Å². The molecule has 1 atom stereocenters. The predicted molar refractivity (Wildman–Crippen MR) is 134 cm³/mol. The lowest BCUT2D eigenvalue weighted by Gasteiger charge is -2.34. The van der Waals surface area contributed by atoms with Crippen LogP contribution in [0.4, 0.5) is 4.79 Å². The topological polar surface area (TPSA) is 82.1 Å². The Labute approximate surface area is 209 Å². The summed E-state index contributed by atoms with van der Waals surface area (Å²) >= 11 is 0. The molecule has 7 nitrogen and oxygen atoms in total. The van der Waals surface area contributed by atoms with Crippen LogP contribution >= 0.6 is 0 Å². The molecule has 190 valence electrons. The van der Waals surface area contributed by atoms with Crippen molar-refractivity contribution in [3.8, 4) is 11.8 Å². The van der Waals surface area contributed by atoms with Gasteiger partial charge >= 0.3 is 6.09 Å². The standard InChI is InChI=1S/C28H39N3O4/c1-4-35-26(33)31-15-10-23(11-16-31)29-25(32)24-19-28(24)13-17-30(18-14-28)20-22-7-5-21(6-8-22)9-12-27(2,3)34/h5-8,23-24,34H,4,10-11,13-20H2,1-3H3,(H,29,32). The van der Waals surface area contributed by atoms with Gasteiger partial charge in [-0.15, -0.1) is 0 Å². The maximum Gasteiger partial charge on any atom is 0.409 e. The number of carbonyl (C=O) groups is 2. The molecule has 1 saturated carbocycles. The summed E-state index contributed by atoms with van der Waals surface area (Å²) in [7, 11) is 0. The molecule has 0 bridgehead atoms. The number of amides is 2. The van der Waals surface area contributed by atoms with Crippen molar-refractivity contribution in [3.63, 3.8) is 0 Å². The molecule has 2 amide bonds. The van der Waals surface area contributed by atoms with Gasteiger partial charge in [-0.1, -0.05) is 24.0 Å². The second kappa shape index (κ2) is 10.6. The Balaban J connectivity index is 1.19. The third-order valence-electron chi connectivity index (χ3n) is 7.60. The summed E-state index contributed by atoms with van der Waals surface area (Å²) in [6.45, 7) is 9.79. The Morgan fingerprint density at radius 3 is 2.40 bits per heavy atom. The van der Waals surface area contributed by atoms with Gasteiger partial charge in [0.1, 0.15) is 5.60 Å². The van der Waals surface area contributed by atoms with Gasteiger partial charge in [0, 0.05) is 37.2 Å². The first-order valence-corrected chi connectivity index (χ1v) is 13.0. The second-order valence-electron chi connectivity index (χ2n) is 10.9. The van der Waals surface area contributed by atoms with E-state index in [0.29, 0.717) is 19.7 Å². The molecule has 1 aromatic carbocycles. The summed E-state index contributed by atoms with van der Waals surface area (Å²) in [5, 5.41) is 13.0. The Morgan fingerprint density at radius 2 is 1.80 bits per heavy atom. The normalized spacial score (nSPS) is 22.3. The molecule has 7 heteroatoms. The van der Waals surface area contributed by atoms with Crippen molar-refractivity contribution in [3.05, 3.63) is 35.4 Å². The van der Waals surface area contributed by atoms with Crippen LogP contribution in [0.15, 0.2) is 24.3 Å². The number of nitrogens with zero attached hydrogens (tertiary/aromatic N) is 2. The van der Waals surface area contributed by atoms with Crippen LogP contribution in [-0.2, 0) is 16.1 Å². The molecular formula is C28H39N3O4. The van der Waals surface area contributed by atoms with Gasteiger partial charge in [-0.05, 0) is 89.1 Å². The zero-order chi connectivity index (χ0) is 25.1. The van der Waals surface area contributed by atoms with E-state index in [1.165, 1.54) is 5.56 Å². The lowest BCUT2D eigenvalue weighted by Crippen LogP contribution is -2.47. The van der Waals surface area contributed by atoms with Crippen molar-refractivity contribution in [1.29, 1.82) is 0 Å². The zero-order valence-electron chi connectivity index (χ0n) is 21.3. The van der Waals surface area contributed by atoms with Crippen molar-refractivity contribution >= 4 is 12.0 Å². The number of ether oxygens (including phenoxy) is 1. The first-order valence-electron chi connectivity index (χ1n) is 13.0. The molecule has 0 aromatic heterocycles. The fourth-order valence-electron chi connectivity index (χ4n) is 5.33. The molecule has 4 rings (SSSR count).